The quantitative estimate of drug-likeness (QED) is 0.815. The smallest absolute Gasteiger partial charge is 0.253 e. The number of aryl methyl sites for hydroxylation is 1. The van der Waals surface area contributed by atoms with Gasteiger partial charge in [0.2, 0.25) is 5.91 Å². The van der Waals surface area contributed by atoms with Crippen molar-refractivity contribution in [1.29, 1.82) is 0 Å². The van der Waals surface area contributed by atoms with Crippen molar-refractivity contribution in [3.8, 4) is 0 Å². The third-order valence-corrected chi connectivity index (χ3v) is 6.23. The molecule has 2 saturated heterocycles. The number of hydrogen-bond acceptors (Lipinski definition) is 4. The molecular weight excluding hydrogens is 380 g/mol. The maximum atomic E-state index is 13.1. The zero-order chi connectivity index (χ0) is 21.1. The van der Waals surface area contributed by atoms with Gasteiger partial charge in [0.1, 0.15) is 0 Å². The highest BCUT2D eigenvalue weighted by Gasteiger charge is 2.35. The van der Waals surface area contributed by atoms with Crippen molar-refractivity contribution < 1.29 is 19.4 Å². The highest BCUT2D eigenvalue weighted by Crippen LogP contribution is 2.33. The number of carbonyl (C=O) groups excluding carboxylic acids is 2. The molecule has 6 heteroatoms. The van der Waals surface area contributed by atoms with Gasteiger partial charge in [0.15, 0.2) is 0 Å². The van der Waals surface area contributed by atoms with E-state index in [0.717, 1.165) is 17.5 Å². The Labute approximate surface area is 176 Å². The molecule has 2 aliphatic rings. The van der Waals surface area contributed by atoms with Crippen LogP contribution in [0.3, 0.4) is 0 Å². The van der Waals surface area contributed by atoms with Crippen LogP contribution in [0.15, 0.2) is 48.5 Å². The molecule has 4 rings (SSSR count). The highest BCUT2D eigenvalue weighted by molar-refractivity contribution is 5.98. The zero-order valence-corrected chi connectivity index (χ0v) is 17.3. The van der Waals surface area contributed by atoms with E-state index >= 15 is 0 Å². The largest absolute Gasteiger partial charge is 0.385 e. The minimum atomic E-state index is -0.895. The van der Waals surface area contributed by atoms with E-state index in [1.807, 2.05) is 43.3 Å². The fourth-order valence-corrected chi connectivity index (χ4v) is 4.17. The molecule has 0 bridgehead atoms. The molecule has 2 heterocycles. The van der Waals surface area contributed by atoms with Crippen LogP contribution in [0.25, 0.3) is 0 Å². The Kier molecular flexibility index (Phi) is 5.88. The number of anilines is 1. The van der Waals surface area contributed by atoms with Gasteiger partial charge in [-0.3, -0.25) is 9.59 Å². The van der Waals surface area contributed by atoms with Gasteiger partial charge in [-0.05, 0) is 49.4 Å². The van der Waals surface area contributed by atoms with Gasteiger partial charge in [-0.15, -0.1) is 0 Å². The third-order valence-electron chi connectivity index (χ3n) is 6.23. The number of amides is 2. The third kappa shape index (κ3) is 4.25. The molecule has 1 atom stereocenters. The van der Waals surface area contributed by atoms with Gasteiger partial charge in [0, 0.05) is 30.9 Å². The number of piperidine rings is 1. The van der Waals surface area contributed by atoms with Crippen molar-refractivity contribution in [3.63, 3.8) is 0 Å². The number of nitrogens with zero attached hydrogens (tertiary/aromatic N) is 1. The van der Waals surface area contributed by atoms with E-state index in [1.54, 1.807) is 17.0 Å². The predicted molar refractivity (Wildman–Crippen MR) is 114 cm³/mol. The lowest BCUT2D eigenvalue weighted by Crippen LogP contribution is -2.45. The van der Waals surface area contributed by atoms with Gasteiger partial charge < -0.3 is 20.1 Å². The van der Waals surface area contributed by atoms with Crippen LogP contribution >= 0.6 is 0 Å². The second kappa shape index (κ2) is 8.58. The number of rotatable bonds is 4. The molecule has 2 N–H and O–H groups in total. The summed E-state index contributed by atoms with van der Waals surface area (Å²) in [7, 11) is 0. The van der Waals surface area contributed by atoms with Crippen molar-refractivity contribution in [1.82, 2.24) is 4.90 Å². The van der Waals surface area contributed by atoms with Gasteiger partial charge in [0.25, 0.3) is 5.91 Å². The van der Waals surface area contributed by atoms with E-state index in [0.29, 0.717) is 50.4 Å². The van der Waals surface area contributed by atoms with Gasteiger partial charge in [-0.1, -0.05) is 36.4 Å². The van der Waals surface area contributed by atoms with Gasteiger partial charge in [0.05, 0.1) is 18.1 Å². The average molecular weight is 408 g/mol. The number of likely N-dealkylation sites (tertiary alicyclic amines) is 1. The van der Waals surface area contributed by atoms with Crippen LogP contribution in [0.4, 0.5) is 5.69 Å². The maximum absolute atomic E-state index is 13.1. The minimum absolute atomic E-state index is 0.0638. The van der Waals surface area contributed by atoms with Crippen LogP contribution in [0, 0.1) is 12.8 Å². The molecule has 30 heavy (non-hydrogen) atoms. The molecule has 2 amide bonds. The van der Waals surface area contributed by atoms with Crippen molar-refractivity contribution >= 4 is 17.5 Å². The lowest BCUT2D eigenvalue weighted by molar-refractivity contribution is -0.119. The fraction of sp³-hybridized carbons (Fsp3) is 0.417. The Bertz CT molecular complexity index is 914. The number of nitrogens with one attached hydrogen (secondary N) is 1. The maximum Gasteiger partial charge on any atom is 0.253 e. The van der Waals surface area contributed by atoms with E-state index in [-0.39, 0.29) is 17.7 Å². The lowest BCUT2D eigenvalue weighted by atomic mass is 9.84. The van der Waals surface area contributed by atoms with Crippen molar-refractivity contribution in [2.45, 2.75) is 31.8 Å². The molecule has 0 aromatic heterocycles. The van der Waals surface area contributed by atoms with Gasteiger partial charge in [-0.2, -0.15) is 0 Å². The molecule has 158 valence electrons. The summed E-state index contributed by atoms with van der Waals surface area (Å²) < 4.78 is 5.29. The average Bonchev–Trinajstić information content (AvgIpc) is 3.31. The van der Waals surface area contributed by atoms with Crippen molar-refractivity contribution in [2.24, 2.45) is 5.92 Å². The van der Waals surface area contributed by atoms with Crippen LogP contribution in [0.1, 0.15) is 40.7 Å². The summed E-state index contributed by atoms with van der Waals surface area (Å²) in [4.78, 5) is 27.3. The molecule has 2 fully saturated rings. The Morgan fingerprint density at radius 1 is 1.13 bits per heavy atom. The first-order chi connectivity index (χ1) is 14.5. The highest BCUT2D eigenvalue weighted by atomic mass is 16.5. The molecule has 0 saturated carbocycles. The Morgan fingerprint density at radius 2 is 1.87 bits per heavy atom. The number of hydrogen-bond donors (Lipinski definition) is 2. The second-order valence-electron chi connectivity index (χ2n) is 8.27. The Hall–Kier alpha value is -2.70. The molecule has 6 nitrogen and oxygen atoms in total. The Balaban J connectivity index is 1.43. The predicted octanol–water partition coefficient (Wildman–Crippen LogP) is 3.09. The molecule has 2 aliphatic heterocycles. The first-order valence-electron chi connectivity index (χ1n) is 10.5. The minimum Gasteiger partial charge on any atom is -0.385 e. The van der Waals surface area contributed by atoms with Crippen LogP contribution in [0.5, 0.6) is 0 Å². The summed E-state index contributed by atoms with van der Waals surface area (Å²) in [6.07, 6.45) is 1.72. The van der Waals surface area contributed by atoms with Gasteiger partial charge in [-0.25, -0.2) is 0 Å². The van der Waals surface area contributed by atoms with Crippen LogP contribution in [-0.2, 0) is 15.1 Å². The number of aliphatic hydroxyl groups is 1. The first kappa shape index (κ1) is 20.6. The molecule has 0 radical (unpaired) electrons. The summed E-state index contributed by atoms with van der Waals surface area (Å²) >= 11 is 0. The summed E-state index contributed by atoms with van der Waals surface area (Å²) in [6, 6.07) is 15.0. The lowest BCUT2D eigenvalue weighted by Gasteiger charge is -2.38. The molecule has 2 aromatic carbocycles. The van der Waals surface area contributed by atoms with E-state index in [2.05, 4.69) is 5.32 Å². The summed E-state index contributed by atoms with van der Waals surface area (Å²) in [5, 5.41) is 14.0. The van der Waals surface area contributed by atoms with Crippen LogP contribution in [-0.4, -0.2) is 48.1 Å². The molecular formula is C24H28N2O4. The molecule has 0 aliphatic carbocycles. The van der Waals surface area contributed by atoms with Crippen molar-refractivity contribution in [2.75, 3.05) is 31.6 Å². The van der Waals surface area contributed by atoms with Crippen molar-refractivity contribution in [3.05, 3.63) is 65.2 Å². The SMILES string of the molecule is Cc1ccc(C(=O)N2CCC(O)(c3ccccc3)CC2)cc1NC(=O)C1CCOC1. The summed E-state index contributed by atoms with van der Waals surface area (Å²) in [5.41, 5.74) is 2.12. The number of benzene rings is 2. The summed E-state index contributed by atoms with van der Waals surface area (Å²) in [6.45, 7) is 3.94. The summed E-state index contributed by atoms with van der Waals surface area (Å²) in [5.74, 6) is -0.280. The number of carbonyl (C=O) groups is 2. The topological polar surface area (TPSA) is 78.9 Å². The number of ether oxygens (including phenoxy) is 1. The van der Waals surface area contributed by atoms with E-state index in [1.165, 1.54) is 0 Å². The standard InChI is InChI=1S/C24H28N2O4/c1-17-7-8-18(15-21(17)25-22(27)19-9-14-30-16-19)23(28)26-12-10-24(29,11-13-26)20-5-3-2-4-6-20/h2-8,15,19,29H,9-14,16H2,1H3,(H,25,27). The molecule has 2 aromatic rings. The first-order valence-corrected chi connectivity index (χ1v) is 10.5. The Morgan fingerprint density at radius 3 is 2.53 bits per heavy atom. The second-order valence-corrected chi connectivity index (χ2v) is 8.27. The normalized spacial score (nSPS) is 20.7. The van der Waals surface area contributed by atoms with Crippen LogP contribution in [0.2, 0.25) is 0 Å². The zero-order valence-electron chi connectivity index (χ0n) is 17.3. The van der Waals surface area contributed by atoms with Crippen LogP contribution < -0.4 is 5.32 Å². The molecule has 0 spiro atoms. The fourth-order valence-electron chi connectivity index (χ4n) is 4.17. The van der Waals surface area contributed by atoms with Gasteiger partial charge >= 0.3 is 0 Å². The monoisotopic (exact) mass is 408 g/mol. The van der Waals surface area contributed by atoms with E-state index in [4.69, 9.17) is 4.74 Å². The molecule has 1 unspecified atom stereocenters. The van der Waals surface area contributed by atoms with E-state index in [9.17, 15) is 14.7 Å². The van der Waals surface area contributed by atoms with E-state index < -0.39 is 5.60 Å².